The van der Waals surface area contributed by atoms with E-state index in [2.05, 4.69) is 14.8 Å². The molecule has 4 rings (SSSR count). The molecule has 0 aliphatic carbocycles. The fraction of sp³-hybridized carbons (Fsp3) is 0.318. The van der Waals surface area contributed by atoms with Crippen LogP contribution in [0.5, 0.6) is 5.75 Å². The van der Waals surface area contributed by atoms with Crippen molar-refractivity contribution in [2.75, 3.05) is 43.1 Å². The Morgan fingerprint density at radius 3 is 2.76 bits per heavy atom. The zero-order chi connectivity index (χ0) is 20.1. The van der Waals surface area contributed by atoms with Crippen LogP contribution in [0.4, 0.5) is 11.6 Å². The van der Waals surface area contributed by atoms with Gasteiger partial charge in [-0.15, -0.1) is 0 Å². The van der Waals surface area contributed by atoms with Crippen molar-refractivity contribution in [2.24, 2.45) is 0 Å². The SMILES string of the molecule is CN(CCOc1ccccc1)c1cc(N2CC[C@@H](O)C2)nc(-c2cccnc2)n1. The molecule has 29 heavy (non-hydrogen) atoms. The molecule has 1 aliphatic heterocycles. The minimum Gasteiger partial charge on any atom is -0.492 e. The summed E-state index contributed by atoms with van der Waals surface area (Å²) in [5, 5.41) is 9.93. The Balaban J connectivity index is 1.54. The van der Waals surface area contributed by atoms with Crippen molar-refractivity contribution < 1.29 is 9.84 Å². The molecule has 0 radical (unpaired) electrons. The van der Waals surface area contributed by atoms with E-state index in [9.17, 15) is 5.11 Å². The van der Waals surface area contributed by atoms with Gasteiger partial charge in [0.1, 0.15) is 24.0 Å². The number of rotatable bonds is 7. The summed E-state index contributed by atoms with van der Waals surface area (Å²) in [5.74, 6) is 3.11. The first-order chi connectivity index (χ1) is 14.2. The summed E-state index contributed by atoms with van der Waals surface area (Å²) in [6, 6.07) is 15.6. The molecule has 1 aromatic carbocycles. The minimum atomic E-state index is -0.313. The van der Waals surface area contributed by atoms with Gasteiger partial charge in [0.15, 0.2) is 5.82 Å². The lowest BCUT2D eigenvalue weighted by Gasteiger charge is -2.23. The monoisotopic (exact) mass is 391 g/mol. The van der Waals surface area contributed by atoms with Crippen LogP contribution in [0.25, 0.3) is 11.4 Å². The fourth-order valence-electron chi connectivity index (χ4n) is 3.29. The highest BCUT2D eigenvalue weighted by Crippen LogP contribution is 2.26. The van der Waals surface area contributed by atoms with Crippen LogP contribution in [0.3, 0.4) is 0 Å². The van der Waals surface area contributed by atoms with Gasteiger partial charge < -0.3 is 19.6 Å². The van der Waals surface area contributed by atoms with Crippen molar-refractivity contribution in [3.63, 3.8) is 0 Å². The van der Waals surface area contributed by atoms with Crippen molar-refractivity contribution in [3.05, 3.63) is 60.9 Å². The number of nitrogens with zero attached hydrogens (tertiary/aromatic N) is 5. The molecule has 1 fully saturated rings. The van der Waals surface area contributed by atoms with Gasteiger partial charge >= 0.3 is 0 Å². The molecule has 3 aromatic rings. The molecule has 1 N–H and O–H groups in total. The summed E-state index contributed by atoms with van der Waals surface area (Å²) >= 11 is 0. The zero-order valence-corrected chi connectivity index (χ0v) is 16.5. The number of ether oxygens (including phenoxy) is 1. The Morgan fingerprint density at radius 1 is 1.17 bits per heavy atom. The highest BCUT2D eigenvalue weighted by Gasteiger charge is 2.23. The van der Waals surface area contributed by atoms with Gasteiger partial charge in [-0.3, -0.25) is 4.98 Å². The van der Waals surface area contributed by atoms with Gasteiger partial charge in [-0.05, 0) is 30.7 Å². The molecule has 1 saturated heterocycles. The van der Waals surface area contributed by atoms with Gasteiger partial charge in [-0.25, -0.2) is 9.97 Å². The third-order valence-corrected chi connectivity index (χ3v) is 4.94. The average Bonchev–Trinajstić information content (AvgIpc) is 3.21. The second kappa shape index (κ2) is 8.87. The summed E-state index contributed by atoms with van der Waals surface area (Å²) in [7, 11) is 1.99. The van der Waals surface area contributed by atoms with E-state index in [1.165, 1.54) is 0 Å². The number of likely N-dealkylation sites (N-methyl/N-ethyl adjacent to an activating group) is 1. The summed E-state index contributed by atoms with van der Waals surface area (Å²) in [6.45, 7) is 2.60. The van der Waals surface area contributed by atoms with Crippen LogP contribution in [0.15, 0.2) is 60.9 Å². The van der Waals surface area contributed by atoms with Crippen LogP contribution in [0.1, 0.15) is 6.42 Å². The molecular weight excluding hydrogens is 366 g/mol. The Hall–Kier alpha value is -3.19. The summed E-state index contributed by atoms with van der Waals surface area (Å²) in [4.78, 5) is 17.8. The van der Waals surface area contributed by atoms with E-state index < -0.39 is 0 Å². The lowest BCUT2D eigenvalue weighted by Crippen LogP contribution is -2.27. The molecule has 1 atom stereocenters. The number of anilines is 2. The van der Waals surface area contributed by atoms with Crippen LogP contribution in [0.2, 0.25) is 0 Å². The quantitative estimate of drug-likeness (QED) is 0.664. The van der Waals surface area contributed by atoms with Gasteiger partial charge in [0.2, 0.25) is 0 Å². The first kappa shape index (κ1) is 19.1. The van der Waals surface area contributed by atoms with E-state index in [0.29, 0.717) is 25.5 Å². The maximum atomic E-state index is 9.93. The maximum absolute atomic E-state index is 9.93. The lowest BCUT2D eigenvalue weighted by molar-refractivity contribution is 0.198. The predicted octanol–water partition coefficient (Wildman–Crippen LogP) is 2.62. The first-order valence-corrected chi connectivity index (χ1v) is 9.80. The van der Waals surface area contributed by atoms with E-state index in [4.69, 9.17) is 14.7 Å². The molecule has 1 aliphatic rings. The molecule has 2 aromatic heterocycles. The Kier molecular flexibility index (Phi) is 5.86. The fourth-order valence-corrected chi connectivity index (χ4v) is 3.29. The van der Waals surface area contributed by atoms with Crippen LogP contribution in [0, 0.1) is 0 Å². The van der Waals surface area contributed by atoms with E-state index in [1.54, 1.807) is 12.4 Å². The Morgan fingerprint density at radius 2 is 2.03 bits per heavy atom. The van der Waals surface area contributed by atoms with Crippen LogP contribution in [-0.4, -0.2) is 59.5 Å². The normalized spacial score (nSPS) is 16.1. The molecule has 7 nitrogen and oxygen atoms in total. The largest absolute Gasteiger partial charge is 0.492 e. The molecular formula is C22H25N5O2. The van der Waals surface area contributed by atoms with Crippen LogP contribution in [-0.2, 0) is 0 Å². The van der Waals surface area contributed by atoms with Crippen molar-refractivity contribution in [1.29, 1.82) is 0 Å². The third kappa shape index (κ3) is 4.81. The topological polar surface area (TPSA) is 74.6 Å². The zero-order valence-electron chi connectivity index (χ0n) is 16.5. The number of aromatic nitrogens is 3. The van der Waals surface area contributed by atoms with Crippen molar-refractivity contribution in [2.45, 2.75) is 12.5 Å². The predicted molar refractivity (Wildman–Crippen MR) is 113 cm³/mol. The van der Waals surface area contributed by atoms with E-state index in [-0.39, 0.29) is 6.10 Å². The summed E-state index contributed by atoms with van der Waals surface area (Å²) in [5.41, 5.74) is 0.865. The second-order valence-corrected chi connectivity index (χ2v) is 7.12. The van der Waals surface area contributed by atoms with Crippen LogP contribution >= 0.6 is 0 Å². The van der Waals surface area contributed by atoms with Gasteiger partial charge in [-0.1, -0.05) is 18.2 Å². The maximum Gasteiger partial charge on any atom is 0.165 e. The second-order valence-electron chi connectivity index (χ2n) is 7.12. The first-order valence-electron chi connectivity index (χ1n) is 9.80. The standard InChI is InChI=1S/C22H25N5O2/c1-26(12-13-29-19-7-3-2-4-8-19)20-14-21(27-11-9-18(28)16-27)25-22(24-20)17-6-5-10-23-15-17/h2-8,10,14-15,18,28H,9,11-13,16H2,1H3/t18-/m1/s1. The van der Waals surface area contributed by atoms with E-state index >= 15 is 0 Å². The smallest absolute Gasteiger partial charge is 0.165 e. The van der Waals surface area contributed by atoms with Crippen LogP contribution < -0.4 is 14.5 Å². The Bertz CT molecular complexity index is 923. The summed E-state index contributed by atoms with van der Waals surface area (Å²) in [6.07, 6.45) is 3.94. The number of hydrogen-bond donors (Lipinski definition) is 1. The number of pyridine rings is 1. The molecule has 0 bridgehead atoms. The van der Waals surface area contributed by atoms with Gasteiger partial charge in [-0.2, -0.15) is 0 Å². The van der Waals surface area contributed by atoms with Crippen molar-refractivity contribution >= 4 is 11.6 Å². The van der Waals surface area contributed by atoms with Gasteiger partial charge in [0.25, 0.3) is 0 Å². The molecule has 7 heteroatoms. The van der Waals surface area contributed by atoms with Crippen molar-refractivity contribution in [1.82, 2.24) is 15.0 Å². The Labute approximate surface area is 170 Å². The molecule has 0 unspecified atom stereocenters. The number of benzene rings is 1. The number of aliphatic hydroxyl groups excluding tert-OH is 1. The number of aliphatic hydroxyl groups is 1. The molecule has 150 valence electrons. The molecule has 3 heterocycles. The molecule has 0 spiro atoms. The summed E-state index contributed by atoms with van der Waals surface area (Å²) < 4.78 is 5.82. The minimum absolute atomic E-state index is 0.313. The third-order valence-electron chi connectivity index (χ3n) is 4.94. The van der Waals surface area contributed by atoms with Gasteiger partial charge in [0.05, 0.1) is 12.6 Å². The molecule has 0 amide bonds. The van der Waals surface area contributed by atoms with Crippen molar-refractivity contribution in [3.8, 4) is 17.1 Å². The lowest BCUT2D eigenvalue weighted by atomic mass is 10.2. The molecule has 0 saturated carbocycles. The van der Waals surface area contributed by atoms with Gasteiger partial charge in [0, 0.05) is 44.2 Å². The highest BCUT2D eigenvalue weighted by atomic mass is 16.5. The van der Waals surface area contributed by atoms with E-state index in [0.717, 1.165) is 35.9 Å². The average molecular weight is 391 g/mol. The number of hydrogen-bond acceptors (Lipinski definition) is 7. The number of β-amino-alcohol motifs (C(OH)–C–C–N with tert-alkyl or cyclic N) is 1. The number of para-hydroxylation sites is 1. The highest BCUT2D eigenvalue weighted by molar-refractivity contribution is 5.61. The van der Waals surface area contributed by atoms with E-state index in [1.807, 2.05) is 55.6 Å².